The molecule has 2 aromatic rings. The van der Waals surface area contributed by atoms with Crippen molar-refractivity contribution in [2.24, 2.45) is 7.05 Å². The molecule has 1 aromatic carbocycles. The predicted molar refractivity (Wildman–Crippen MR) is 76.6 cm³/mol. The third-order valence-electron chi connectivity index (χ3n) is 2.83. The molecular weight excluding hydrogens is 254 g/mol. The molecule has 0 amide bonds. The summed E-state index contributed by atoms with van der Waals surface area (Å²) in [4.78, 5) is 11.3. The molecule has 0 saturated heterocycles. The van der Waals surface area contributed by atoms with Gasteiger partial charge in [0.05, 0.1) is 5.69 Å². The summed E-state index contributed by atoms with van der Waals surface area (Å²) in [6, 6.07) is 12.7. The first-order valence-electron chi connectivity index (χ1n) is 6.19. The lowest BCUT2D eigenvalue weighted by Gasteiger charge is -2.11. The van der Waals surface area contributed by atoms with Gasteiger partial charge in [0.25, 0.3) is 0 Å². The lowest BCUT2D eigenvalue weighted by atomic mass is 10.2. The molecule has 0 unspecified atom stereocenters. The maximum atomic E-state index is 11.3. The van der Waals surface area contributed by atoms with E-state index in [1.54, 1.807) is 19.3 Å². The molecular formula is C15H15N3O2. The Hall–Kier alpha value is -2.74. The van der Waals surface area contributed by atoms with Crippen LogP contribution in [0.5, 0.6) is 5.75 Å². The highest BCUT2D eigenvalue weighted by molar-refractivity contribution is 5.43. The van der Waals surface area contributed by atoms with Crippen molar-refractivity contribution >= 4 is 5.69 Å². The largest absolute Gasteiger partial charge is 0.478 e. The average molecular weight is 269 g/mol. The topological polar surface area (TPSA) is 67.1 Å². The Morgan fingerprint density at radius 1 is 1.30 bits per heavy atom. The second kappa shape index (κ2) is 6.43. The molecule has 0 atom stereocenters. The van der Waals surface area contributed by atoms with Crippen molar-refractivity contribution in [1.82, 2.24) is 4.57 Å². The van der Waals surface area contributed by atoms with Crippen LogP contribution in [0, 0.1) is 11.3 Å². The molecule has 1 N–H and O–H groups in total. The fourth-order valence-electron chi connectivity index (χ4n) is 1.80. The van der Waals surface area contributed by atoms with Gasteiger partial charge in [-0.3, -0.25) is 4.79 Å². The molecule has 1 aromatic heterocycles. The van der Waals surface area contributed by atoms with Gasteiger partial charge in [0.15, 0.2) is 6.61 Å². The van der Waals surface area contributed by atoms with Gasteiger partial charge in [-0.15, -0.1) is 0 Å². The van der Waals surface area contributed by atoms with E-state index in [1.165, 1.54) is 10.6 Å². The summed E-state index contributed by atoms with van der Waals surface area (Å²) >= 11 is 0. The van der Waals surface area contributed by atoms with Crippen molar-refractivity contribution in [3.8, 4) is 11.8 Å². The molecule has 0 aliphatic carbocycles. The van der Waals surface area contributed by atoms with Crippen LogP contribution in [0.4, 0.5) is 5.69 Å². The predicted octanol–water partition coefficient (Wildman–Crippen LogP) is 1.90. The van der Waals surface area contributed by atoms with Crippen LogP contribution in [0.1, 0.15) is 5.56 Å². The van der Waals surface area contributed by atoms with Gasteiger partial charge in [-0.1, -0.05) is 18.2 Å². The molecule has 5 heteroatoms. The standard InChI is InChI=1S/C15H15N3O2/c1-18-11-13(6-7-15(18)19)17-10-12-4-2-3-5-14(12)20-9-8-16/h2-7,11,17H,9-10H2,1H3. The lowest BCUT2D eigenvalue weighted by Crippen LogP contribution is -2.15. The monoisotopic (exact) mass is 269 g/mol. The number of aromatic nitrogens is 1. The number of nitrogens with zero attached hydrogens (tertiary/aromatic N) is 2. The summed E-state index contributed by atoms with van der Waals surface area (Å²) in [5, 5.41) is 11.8. The minimum Gasteiger partial charge on any atom is -0.478 e. The first kappa shape index (κ1) is 13.7. The number of ether oxygens (including phenoxy) is 1. The third kappa shape index (κ3) is 3.39. The van der Waals surface area contributed by atoms with E-state index < -0.39 is 0 Å². The molecule has 5 nitrogen and oxygen atoms in total. The molecule has 0 aliphatic rings. The van der Waals surface area contributed by atoms with E-state index in [1.807, 2.05) is 30.3 Å². The lowest BCUT2D eigenvalue weighted by molar-refractivity contribution is 0.364. The van der Waals surface area contributed by atoms with E-state index in [0.29, 0.717) is 12.3 Å². The zero-order chi connectivity index (χ0) is 14.4. The minimum atomic E-state index is -0.0479. The molecule has 0 saturated carbocycles. The molecule has 102 valence electrons. The number of hydrogen-bond donors (Lipinski definition) is 1. The van der Waals surface area contributed by atoms with E-state index in [0.717, 1.165) is 11.3 Å². The Bertz CT molecular complexity index is 686. The number of anilines is 1. The molecule has 0 radical (unpaired) electrons. The summed E-state index contributed by atoms with van der Waals surface area (Å²) in [6.07, 6.45) is 1.74. The van der Waals surface area contributed by atoms with Crippen molar-refractivity contribution in [2.45, 2.75) is 6.54 Å². The maximum absolute atomic E-state index is 11.3. The number of nitrogens with one attached hydrogen (secondary N) is 1. The highest BCUT2D eigenvalue weighted by Crippen LogP contribution is 2.19. The average Bonchev–Trinajstić information content (AvgIpc) is 2.47. The SMILES string of the molecule is Cn1cc(NCc2ccccc2OCC#N)ccc1=O. The van der Waals surface area contributed by atoms with E-state index in [-0.39, 0.29) is 12.2 Å². The number of para-hydroxylation sites is 1. The van der Waals surface area contributed by atoms with E-state index in [9.17, 15) is 4.79 Å². The molecule has 0 aliphatic heterocycles. The Balaban J connectivity index is 2.08. The molecule has 0 bridgehead atoms. The summed E-state index contributed by atoms with van der Waals surface area (Å²) in [5.74, 6) is 0.686. The van der Waals surface area contributed by atoms with Gasteiger partial charge in [-0.2, -0.15) is 5.26 Å². The number of aryl methyl sites for hydroxylation is 1. The van der Waals surface area contributed by atoms with Crippen LogP contribution in [0.2, 0.25) is 0 Å². The van der Waals surface area contributed by atoms with Gasteiger partial charge >= 0.3 is 0 Å². The second-order valence-electron chi connectivity index (χ2n) is 4.27. The molecule has 0 spiro atoms. The summed E-state index contributed by atoms with van der Waals surface area (Å²) in [6.45, 7) is 0.580. The highest BCUT2D eigenvalue weighted by atomic mass is 16.5. The fraction of sp³-hybridized carbons (Fsp3) is 0.200. The first-order chi connectivity index (χ1) is 9.70. The molecule has 1 heterocycles. The van der Waals surface area contributed by atoms with Crippen LogP contribution < -0.4 is 15.6 Å². The maximum Gasteiger partial charge on any atom is 0.250 e. The zero-order valence-corrected chi connectivity index (χ0v) is 11.2. The van der Waals surface area contributed by atoms with Gasteiger partial charge in [-0.05, 0) is 12.1 Å². The minimum absolute atomic E-state index is 0.0247. The van der Waals surface area contributed by atoms with Gasteiger partial charge in [-0.25, -0.2) is 0 Å². The Labute approximate surface area is 117 Å². The Morgan fingerprint density at radius 3 is 2.85 bits per heavy atom. The molecule has 0 fully saturated rings. The normalized spacial score (nSPS) is 9.80. The quantitative estimate of drug-likeness (QED) is 0.900. The third-order valence-corrected chi connectivity index (χ3v) is 2.83. The summed E-state index contributed by atoms with van der Waals surface area (Å²) in [5.41, 5.74) is 1.76. The fourth-order valence-corrected chi connectivity index (χ4v) is 1.80. The van der Waals surface area contributed by atoms with Crippen LogP contribution in [-0.4, -0.2) is 11.2 Å². The van der Waals surface area contributed by atoms with E-state index >= 15 is 0 Å². The number of hydrogen-bond acceptors (Lipinski definition) is 4. The number of benzene rings is 1. The molecule has 2 rings (SSSR count). The van der Waals surface area contributed by atoms with Crippen molar-refractivity contribution < 1.29 is 4.74 Å². The van der Waals surface area contributed by atoms with Crippen LogP contribution in [-0.2, 0) is 13.6 Å². The van der Waals surface area contributed by atoms with Gasteiger partial charge in [0, 0.05) is 31.4 Å². The number of nitriles is 1. The van der Waals surface area contributed by atoms with E-state index in [4.69, 9.17) is 10.00 Å². The van der Waals surface area contributed by atoms with Gasteiger partial charge in [0.1, 0.15) is 11.8 Å². The zero-order valence-electron chi connectivity index (χ0n) is 11.2. The van der Waals surface area contributed by atoms with Crippen molar-refractivity contribution in [3.05, 3.63) is 58.5 Å². The van der Waals surface area contributed by atoms with Crippen molar-refractivity contribution in [1.29, 1.82) is 5.26 Å². The van der Waals surface area contributed by atoms with E-state index in [2.05, 4.69) is 5.32 Å². The van der Waals surface area contributed by atoms with Crippen LogP contribution >= 0.6 is 0 Å². The van der Waals surface area contributed by atoms with Crippen molar-refractivity contribution in [3.63, 3.8) is 0 Å². The first-order valence-corrected chi connectivity index (χ1v) is 6.19. The number of rotatable bonds is 5. The van der Waals surface area contributed by atoms with Gasteiger partial charge in [0.2, 0.25) is 5.56 Å². The van der Waals surface area contributed by atoms with Crippen molar-refractivity contribution in [2.75, 3.05) is 11.9 Å². The van der Waals surface area contributed by atoms with Crippen LogP contribution in [0.3, 0.4) is 0 Å². The second-order valence-corrected chi connectivity index (χ2v) is 4.27. The Morgan fingerprint density at radius 2 is 2.10 bits per heavy atom. The van der Waals surface area contributed by atoms with Crippen LogP contribution in [0.15, 0.2) is 47.4 Å². The summed E-state index contributed by atoms with van der Waals surface area (Å²) < 4.78 is 6.88. The summed E-state index contributed by atoms with van der Waals surface area (Å²) in [7, 11) is 1.71. The highest BCUT2D eigenvalue weighted by Gasteiger charge is 2.03. The molecule has 20 heavy (non-hydrogen) atoms. The van der Waals surface area contributed by atoms with Gasteiger partial charge < -0.3 is 14.6 Å². The Kier molecular flexibility index (Phi) is 4.40. The number of pyridine rings is 1. The smallest absolute Gasteiger partial charge is 0.250 e. The van der Waals surface area contributed by atoms with Crippen LogP contribution in [0.25, 0.3) is 0 Å².